The zero-order chi connectivity index (χ0) is 13.1. The van der Waals surface area contributed by atoms with Crippen LogP contribution >= 0.6 is 0 Å². The molecule has 0 spiro atoms. The van der Waals surface area contributed by atoms with Gasteiger partial charge in [-0.15, -0.1) is 0 Å². The fraction of sp³-hybridized carbons (Fsp3) is 0.917. The molecule has 0 heterocycles. The van der Waals surface area contributed by atoms with Gasteiger partial charge in [-0.25, -0.2) is 0 Å². The van der Waals surface area contributed by atoms with E-state index < -0.39 is 0 Å². The van der Waals surface area contributed by atoms with Gasteiger partial charge in [-0.1, -0.05) is 0 Å². The van der Waals surface area contributed by atoms with Crippen LogP contribution in [0.1, 0.15) is 27.7 Å². The fourth-order valence-corrected chi connectivity index (χ4v) is 1.22. The number of aliphatic imine (C=N–C) groups is 1. The molecule has 0 saturated carbocycles. The van der Waals surface area contributed by atoms with Crippen LogP contribution in [-0.2, 0) is 4.74 Å². The van der Waals surface area contributed by atoms with E-state index in [-0.39, 0.29) is 5.54 Å². The third-order valence-electron chi connectivity index (χ3n) is 2.04. The molecule has 0 aromatic carbocycles. The van der Waals surface area contributed by atoms with Gasteiger partial charge in [0.25, 0.3) is 0 Å². The van der Waals surface area contributed by atoms with Gasteiger partial charge >= 0.3 is 0 Å². The van der Waals surface area contributed by atoms with Crippen LogP contribution in [0.2, 0.25) is 0 Å². The molecule has 0 radical (unpaired) electrons. The van der Waals surface area contributed by atoms with E-state index in [1.165, 1.54) is 0 Å². The van der Waals surface area contributed by atoms with Crippen LogP contribution in [0.3, 0.4) is 0 Å². The highest BCUT2D eigenvalue weighted by molar-refractivity contribution is 5.79. The second-order valence-corrected chi connectivity index (χ2v) is 4.80. The first kappa shape index (κ1) is 16.2. The number of rotatable bonds is 7. The normalized spacial score (nSPS) is 12.6. The van der Waals surface area contributed by atoms with Gasteiger partial charge in [0.15, 0.2) is 5.96 Å². The Morgan fingerprint density at radius 3 is 2.29 bits per heavy atom. The van der Waals surface area contributed by atoms with E-state index in [1.54, 1.807) is 7.05 Å². The number of hydrogen-bond donors (Lipinski definition) is 3. The number of ether oxygens (including phenoxy) is 1. The molecule has 0 atom stereocenters. The first-order chi connectivity index (χ1) is 7.99. The van der Waals surface area contributed by atoms with Crippen molar-refractivity contribution < 1.29 is 4.74 Å². The molecule has 0 aliphatic rings. The second kappa shape index (κ2) is 9.24. The van der Waals surface area contributed by atoms with Crippen LogP contribution in [0.4, 0.5) is 0 Å². The summed E-state index contributed by atoms with van der Waals surface area (Å²) in [6, 6.07) is 0. The van der Waals surface area contributed by atoms with Crippen LogP contribution in [0.25, 0.3) is 0 Å². The van der Waals surface area contributed by atoms with Crippen LogP contribution in [-0.4, -0.2) is 51.4 Å². The van der Waals surface area contributed by atoms with Gasteiger partial charge < -0.3 is 20.7 Å². The Balaban J connectivity index is 3.56. The molecule has 0 unspecified atom stereocenters. The molecule has 0 aliphatic heterocycles. The smallest absolute Gasteiger partial charge is 0.191 e. The van der Waals surface area contributed by atoms with Crippen molar-refractivity contribution in [3.05, 3.63) is 0 Å². The molecule has 17 heavy (non-hydrogen) atoms. The summed E-state index contributed by atoms with van der Waals surface area (Å²) in [4.78, 5) is 4.13. The van der Waals surface area contributed by atoms with Gasteiger partial charge in [0, 0.05) is 38.8 Å². The zero-order valence-corrected chi connectivity index (χ0v) is 11.9. The SMILES string of the molecule is CCOCCNC(=NC)NCCNC(C)(C)C. The molecule has 0 aromatic heterocycles. The molecule has 5 nitrogen and oxygen atoms in total. The van der Waals surface area contributed by atoms with E-state index in [2.05, 4.69) is 41.7 Å². The summed E-state index contributed by atoms with van der Waals surface area (Å²) in [7, 11) is 1.77. The lowest BCUT2D eigenvalue weighted by Crippen LogP contribution is -2.45. The van der Waals surface area contributed by atoms with E-state index in [9.17, 15) is 0 Å². The number of nitrogens with one attached hydrogen (secondary N) is 3. The Bertz CT molecular complexity index is 211. The van der Waals surface area contributed by atoms with E-state index in [0.29, 0.717) is 6.61 Å². The van der Waals surface area contributed by atoms with Crippen molar-refractivity contribution in [2.45, 2.75) is 33.2 Å². The highest BCUT2D eigenvalue weighted by atomic mass is 16.5. The van der Waals surface area contributed by atoms with Gasteiger partial charge in [0.1, 0.15) is 0 Å². The summed E-state index contributed by atoms with van der Waals surface area (Å²) in [5.74, 6) is 0.820. The lowest BCUT2D eigenvalue weighted by Gasteiger charge is -2.21. The average Bonchev–Trinajstić information content (AvgIpc) is 2.25. The van der Waals surface area contributed by atoms with E-state index >= 15 is 0 Å². The van der Waals surface area contributed by atoms with Crippen molar-refractivity contribution >= 4 is 5.96 Å². The molecular formula is C12H28N4O. The molecule has 102 valence electrons. The van der Waals surface area contributed by atoms with Crippen LogP contribution in [0.15, 0.2) is 4.99 Å². The van der Waals surface area contributed by atoms with Crippen LogP contribution < -0.4 is 16.0 Å². The van der Waals surface area contributed by atoms with Crippen LogP contribution in [0.5, 0.6) is 0 Å². The first-order valence-corrected chi connectivity index (χ1v) is 6.27. The summed E-state index contributed by atoms with van der Waals surface area (Å²) < 4.78 is 5.24. The molecule has 0 aliphatic carbocycles. The standard InChI is InChI=1S/C12H28N4O/c1-6-17-10-9-15-11(13-5)14-7-8-16-12(2,3)4/h16H,6-10H2,1-5H3,(H2,13,14,15). The quantitative estimate of drug-likeness (QED) is 0.348. The minimum atomic E-state index is 0.160. The molecule has 0 fully saturated rings. The minimum absolute atomic E-state index is 0.160. The fourth-order valence-electron chi connectivity index (χ4n) is 1.22. The van der Waals surface area contributed by atoms with E-state index in [4.69, 9.17) is 4.74 Å². The molecule has 0 aromatic rings. The molecule has 0 bridgehead atoms. The van der Waals surface area contributed by atoms with Gasteiger partial charge in [-0.3, -0.25) is 4.99 Å². The van der Waals surface area contributed by atoms with Crippen molar-refractivity contribution in [1.82, 2.24) is 16.0 Å². The van der Waals surface area contributed by atoms with Crippen molar-refractivity contribution in [3.8, 4) is 0 Å². The Kier molecular flexibility index (Phi) is 8.80. The molecule has 0 rings (SSSR count). The predicted octanol–water partition coefficient (Wildman–Crippen LogP) is 0.576. The summed E-state index contributed by atoms with van der Waals surface area (Å²) in [5, 5.41) is 9.84. The first-order valence-electron chi connectivity index (χ1n) is 6.27. The number of nitrogens with zero attached hydrogens (tertiary/aromatic N) is 1. The Labute approximate surface area is 105 Å². The summed E-state index contributed by atoms with van der Waals surface area (Å²) in [6.07, 6.45) is 0. The van der Waals surface area contributed by atoms with Crippen molar-refractivity contribution in [1.29, 1.82) is 0 Å². The minimum Gasteiger partial charge on any atom is -0.380 e. The van der Waals surface area contributed by atoms with Gasteiger partial charge in [-0.05, 0) is 27.7 Å². The molecule has 3 N–H and O–H groups in total. The zero-order valence-electron chi connectivity index (χ0n) is 11.9. The second-order valence-electron chi connectivity index (χ2n) is 4.80. The van der Waals surface area contributed by atoms with E-state index in [0.717, 1.165) is 32.2 Å². The summed E-state index contributed by atoms with van der Waals surface area (Å²) in [6.45, 7) is 12.5. The third-order valence-corrected chi connectivity index (χ3v) is 2.04. The Morgan fingerprint density at radius 1 is 1.12 bits per heavy atom. The number of hydrogen-bond acceptors (Lipinski definition) is 3. The molecule has 0 amide bonds. The lowest BCUT2D eigenvalue weighted by atomic mass is 10.1. The van der Waals surface area contributed by atoms with E-state index in [1.807, 2.05) is 6.92 Å². The Morgan fingerprint density at radius 2 is 1.76 bits per heavy atom. The monoisotopic (exact) mass is 244 g/mol. The third kappa shape index (κ3) is 11.5. The van der Waals surface area contributed by atoms with Crippen molar-refractivity contribution in [3.63, 3.8) is 0 Å². The largest absolute Gasteiger partial charge is 0.380 e. The molecule has 0 saturated heterocycles. The van der Waals surface area contributed by atoms with Crippen molar-refractivity contribution in [2.75, 3.05) is 39.9 Å². The number of guanidine groups is 1. The van der Waals surface area contributed by atoms with Crippen molar-refractivity contribution in [2.24, 2.45) is 4.99 Å². The maximum absolute atomic E-state index is 5.24. The van der Waals surface area contributed by atoms with Gasteiger partial charge in [0.05, 0.1) is 6.61 Å². The maximum Gasteiger partial charge on any atom is 0.191 e. The summed E-state index contributed by atoms with van der Waals surface area (Å²) >= 11 is 0. The van der Waals surface area contributed by atoms with Crippen LogP contribution in [0, 0.1) is 0 Å². The lowest BCUT2D eigenvalue weighted by molar-refractivity contribution is 0.152. The summed E-state index contributed by atoms with van der Waals surface area (Å²) in [5.41, 5.74) is 0.160. The maximum atomic E-state index is 5.24. The highest BCUT2D eigenvalue weighted by Gasteiger charge is 2.07. The predicted molar refractivity (Wildman–Crippen MR) is 73.6 cm³/mol. The van der Waals surface area contributed by atoms with Gasteiger partial charge in [0.2, 0.25) is 0 Å². The highest BCUT2D eigenvalue weighted by Crippen LogP contribution is 1.96. The average molecular weight is 244 g/mol. The Hall–Kier alpha value is -0.810. The van der Waals surface area contributed by atoms with Gasteiger partial charge in [-0.2, -0.15) is 0 Å². The molecular weight excluding hydrogens is 216 g/mol. The molecule has 5 heteroatoms. The topological polar surface area (TPSA) is 57.7 Å².